The minimum Gasteiger partial charge on any atom is -0.455 e. The molecule has 1 nitrogen and oxygen atoms in total. The van der Waals surface area contributed by atoms with Crippen molar-refractivity contribution in [2.24, 2.45) is 0 Å². The molecule has 1 heterocycles. The molecule has 0 fully saturated rings. The average molecular weight is 279 g/mol. The lowest BCUT2D eigenvalue weighted by atomic mass is 10.0. The van der Waals surface area contributed by atoms with Gasteiger partial charge in [-0.1, -0.05) is 66.2 Å². The van der Waals surface area contributed by atoms with Crippen LogP contribution < -0.4 is 0 Å². The van der Waals surface area contributed by atoms with Crippen molar-refractivity contribution >= 4 is 33.5 Å². The highest BCUT2D eigenvalue weighted by atomic mass is 35.5. The summed E-state index contributed by atoms with van der Waals surface area (Å²) in [5.74, 6) is 0. The highest BCUT2D eigenvalue weighted by Gasteiger charge is 2.12. The van der Waals surface area contributed by atoms with Gasteiger partial charge >= 0.3 is 0 Å². The molecular weight excluding hydrogens is 268 g/mol. The highest BCUT2D eigenvalue weighted by molar-refractivity contribution is 6.33. The van der Waals surface area contributed by atoms with Crippen molar-refractivity contribution in [3.63, 3.8) is 0 Å². The second-order valence-electron chi connectivity index (χ2n) is 4.76. The van der Waals surface area contributed by atoms with E-state index in [0.717, 1.165) is 38.1 Å². The number of benzene rings is 3. The third-order valence-electron chi connectivity index (χ3n) is 3.57. The Morgan fingerprint density at radius 3 is 2.25 bits per heavy atom. The average Bonchev–Trinajstić information content (AvgIpc) is 2.86. The smallest absolute Gasteiger partial charge is 0.143 e. The molecule has 3 aromatic carbocycles. The fraction of sp³-hybridized carbons (Fsp3) is 0. The molecule has 4 rings (SSSR count). The number of fused-ring (bicyclic) bond motifs is 3. The van der Waals surface area contributed by atoms with E-state index in [4.69, 9.17) is 16.0 Å². The van der Waals surface area contributed by atoms with Crippen LogP contribution in [0, 0.1) is 0 Å². The summed E-state index contributed by atoms with van der Waals surface area (Å²) in [7, 11) is 0. The van der Waals surface area contributed by atoms with E-state index >= 15 is 0 Å². The second kappa shape index (κ2) is 4.39. The van der Waals surface area contributed by atoms with Crippen molar-refractivity contribution in [1.82, 2.24) is 0 Å². The number of furan rings is 1. The standard InChI is InChI=1S/C18H11ClO/c19-16-10-3-1-6-12(16)14-8-5-9-15-13-7-2-4-11-17(13)20-18(14)15/h1-11H. The first-order valence-electron chi connectivity index (χ1n) is 6.50. The number of rotatable bonds is 1. The third kappa shape index (κ3) is 1.64. The topological polar surface area (TPSA) is 13.1 Å². The fourth-order valence-electron chi connectivity index (χ4n) is 2.64. The number of halogens is 1. The van der Waals surface area contributed by atoms with E-state index in [0.29, 0.717) is 0 Å². The largest absolute Gasteiger partial charge is 0.455 e. The summed E-state index contributed by atoms with van der Waals surface area (Å²) in [5, 5.41) is 3.00. The van der Waals surface area contributed by atoms with E-state index in [1.54, 1.807) is 0 Å². The third-order valence-corrected chi connectivity index (χ3v) is 3.90. The maximum Gasteiger partial charge on any atom is 0.143 e. The van der Waals surface area contributed by atoms with Gasteiger partial charge in [0.15, 0.2) is 0 Å². The van der Waals surface area contributed by atoms with E-state index in [9.17, 15) is 0 Å². The molecule has 4 aromatic rings. The second-order valence-corrected chi connectivity index (χ2v) is 5.17. The maximum absolute atomic E-state index is 6.32. The van der Waals surface area contributed by atoms with Gasteiger partial charge in [-0.25, -0.2) is 0 Å². The van der Waals surface area contributed by atoms with Gasteiger partial charge in [-0.2, -0.15) is 0 Å². The van der Waals surface area contributed by atoms with E-state index < -0.39 is 0 Å². The molecule has 0 saturated carbocycles. The Morgan fingerprint density at radius 1 is 0.650 bits per heavy atom. The quantitative estimate of drug-likeness (QED) is 0.422. The van der Waals surface area contributed by atoms with Crippen LogP contribution in [-0.4, -0.2) is 0 Å². The first kappa shape index (κ1) is 11.6. The molecule has 0 aliphatic heterocycles. The molecule has 0 bridgehead atoms. The van der Waals surface area contributed by atoms with E-state index in [1.807, 2.05) is 54.6 Å². The van der Waals surface area contributed by atoms with Gasteiger partial charge in [0.25, 0.3) is 0 Å². The maximum atomic E-state index is 6.32. The Hall–Kier alpha value is -2.25. The van der Waals surface area contributed by atoms with Crippen LogP contribution in [0.3, 0.4) is 0 Å². The molecule has 0 saturated heterocycles. The Bertz CT molecular complexity index is 921. The molecule has 0 N–H and O–H groups in total. The van der Waals surface area contributed by atoms with E-state index in [-0.39, 0.29) is 0 Å². The fourth-order valence-corrected chi connectivity index (χ4v) is 2.88. The zero-order valence-electron chi connectivity index (χ0n) is 10.6. The lowest BCUT2D eigenvalue weighted by Crippen LogP contribution is -1.79. The van der Waals surface area contributed by atoms with E-state index in [1.165, 1.54) is 0 Å². The first-order valence-corrected chi connectivity index (χ1v) is 6.87. The van der Waals surface area contributed by atoms with Crippen LogP contribution >= 0.6 is 11.6 Å². The van der Waals surface area contributed by atoms with Gasteiger partial charge in [0.2, 0.25) is 0 Å². The predicted octanol–water partition coefficient (Wildman–Crippen LogP) is 5.91. The molecule has 0 spiro atoms. The molecule has 0 aliphatic carbocycles. The molecule has 96 valence electrons. The lowest BCUT2D eigenvalue weighted by Gasteiger charge is -2.04. The van der Waals surface area contributed by atoms with Gasteiger partial charge in [0.05, 0.1) is 0 Å². The molecule has 0 aliphatic rings. The Kier molecular flexibility index (Phi) is 2.54. The monoisotopic (exact) mass is 278 g/mol. The zero-order valence-corrected chi connectivity index (χ0v) is 11.4. The van der Waals surface area contributed by atoms with Gasteiger partial charge < -0.3 is 4.42 Å². The Balaban J connectivity index is 2.13. The predicted molar refractivity (Wildman–Crippen MR) is 84.2 cm³/mol. The van der Waals surface area contributed by atoms with Crippen molar-refractivity contribution in [3.05, 3.63) is 71.8 Å². The molecule has 0 radical (unpaired) electrons. The van der Waals surface area contributed by atoms with Crippen LogP contribution in [0.15, 0.2) is 71.1 Å². The summed E-state index contributed by atoms with van der Waals surface area (Å²) in [6.07, 6.45) is 0. The zero-order chi connectivity index (χ0) is 13.5. The molecule has 2 heteroatoms. The van der Waals surface area contributed by atoms with Crippen molar-refractivity contribution in [2.45, 2.75) is 0 Å². The summed E-state index contributed by atoms with van der Waals surface area (Å²) in [6, 6.07) is 22.1. The molecule has 20 heavy (non-hydrogen) atoms. The van der Waals surface area contributed by atoms with Crippen LogP contribution in [0.5, 0.6) is 0 Å². The van der Waals surface area contributed by atoms with Crippen LogP contribution in [-0.2, 0) is 0 Å². The van der Waals surface area contributed by atoms with Gasteiger partial charge in [-0.3, -0.25) is 0 Å². The first-order chi connectivity index (χ1) is 9.84. The lowest BCUT2D eigenvalue weighted by molar-refractivity contribution is 0.670. The van der Waals surface area contributed by atoms with E-state index in [2.05, 4.69) is 12.1 Å². The molecule has 0 unspecified atom stereocenters. The normalized spacial score (nSPS) is 11.2. The van der Waals surface area contributed by atoms with Gasteiger partial charge in [0, 0.05) is 26.9 Å². The molecular formula is C18H11ClO. The van der Waals surface area contributed by atoms with Gasteiger partial charge in [-0.15, -0.1) is 0 Å². The van der Waals surface area contributed by atoms with Crippen molar-refractivity contribution in [2.75, 3.05) is 0 Å². The van der Waals surface area contributed by atoms with Crippen LogP contribution in [0.25, 0.3) is 33.1 Å². The summed E-state index contributed by atoms with van der Waals surface area (Å²) < 4.78 is 6.03. The number of hydrogen-bond acceptors (Lipinski definition) is 1. The highest BCUT2D eigenvalue weighted by Crippen LogP contribution is 2.37. The number of hydrogen-bond donors (Lipinski definition) is 0. The summed E-state index contributed by atoms with van der Waals surface area (Å²) in [4.78, 5) is 0. The minimum atomic E-state index is 0.737. The Morgan fingerprint density at radius 2 is 1.35 bits per heavy atom. The summed E-state index contributed by atoms with van der Waals surface area (Å²) >= 11 is 6.32. The van der Waals surface area contributed by atoms with Crippen molar-refractivity contribution < 1.29 is 4.42 Å². The summed E-state index contributed by atoms with van der Waals surface area (Å²) in [5.41, 5.74) is 3.83. The van der Waals surface area contributed by atoms with Gasteiger partial charge in [-0.05, 0) is 12.1 Å². The Labute approximate surface area is 121 Å². The molecule has 0 amide bonds. The SMILES string of the molecule is Clc1ccccc1-c1cccc2c1oc1ccccc12. The van der Waals surface area contributed by atoms with Crippen molar-refractivity contribution in [1.29, 1.82) is 0 Å². The molecule has 0 atom stereocenters. The van der Waals surface area contributed by atoms with Crippen LogP contribution in [0.2, 0.25) is 5.02 Å². The van der Waals surface area contributed by atoms with Crippen molar-refractivity contribution in [3.8, 4) is 11.1 Å². The van der Waals surface area contributed by atoms with Gasteiger partial charge in [0.1, 0.15) is 11.2 Å². The van der Waals surface area contributed by atoms with Crippen LogP contribution in [0.1, 0.15) is 0 Å². The van der Waals surface area contributed by atoms with Crippen LogP contribution in [0.4, 0.5) is 0 Å². The minimum absolute atomic E-state index is 0.737. The number of para-hydroxylation sites is 2. The molecule has 1 aromatic heterocycles. The summed E-state index contributed by atoms with van der Waals surface area (Å²) in [6.45, 7) is 0.